The molecule has 0 bridgehead atoms. The molecule has 4 heteroatoms. The fraction of sp³-hybridized carbons (Fsp3) is 0.0625. The number of hydrogen-bond acceptors (Lipinski definition) is 2. The van der Waals surface area contributed by atoms with Gasteiger partial charge in [-0.1, -0.05) is 41.9 Å². The van der Waals surface area contributed by atoms with E-state index in [9.17, 15) is 4.79 Å². The largest absolute Gasteiger partial charge is 0.360 e. The van der Waals surface area contributed by atoms with Gasteiger partial charge in [0.25, 0.3) is 0 Å². The maximum absolute atomic E-state index is 12.3. The number of fused-ring (bicyclic) bond motifs is 1. The Morgan fingerprint density at radius 3 is 2.70 bits per heavy atom. The van der Waals surface area contributed by atoms with Gasteiger partial charge in [0.05, 0.1) is 10.8 Å². The molecule has 0 saturated heterocycles. The fourth-order valence-electron chi connectivity index (χ4n) is 2.09. The number of Topliss-reactive ketones (excluding diaryl/α,β-unsaturated/α-hetero) is 1. The van der Waals surface area contributed by atoms with Crippen LogP contribution in [0.2, 0.25) is 5.02 Å². The molecule has 0 aliphatic carbocycles. The lowest BCUT2D eigenvalue weighted by atomic mass is 10.1. The van der Waals surface area contributed by atoms with E-state index in [1.165, 1.54) is 11.8 Å². The first kappa shape index (κ1) is 13.3. The van der Waals surface area contributed by atoms with Gasteiger partial charge in [-0.05, 0) is 18.2 Å². The van der Waals surface area contributed by atoms with Crippen molar-refractivity contribution in [2.75, 3.05) is 5.75 Å². The maximum Gasteiger partial charge on any atom is 0.175 e. The summed E-state index contributed by atoms with van der Waals surface area (Å²) in [5.41, 5.74) is 1.72. The van der Waals surface area contributed by atoms with Crippen LogP contribution >= 0.6 is 23.4 Å². The molecule has 3 rings (SSSR count). The van der Waals surface area contributed by atoms with Gasteiger partial charge < -0.3 is 4.98 Å². The number of rotatable bonds is 4. The molecule has 2 aromatic carbocycles. The Labute approximate surface area is 126 Å². The Balaban J connectivity index is 1.79. The van der Waals surface area contributed by atoms with Gasteiger partial charge in [-0.25, -0.2) is 0 Å². The number of carbonyl (C=O) groups excluding carboxylic acids is 1. The highest BCUT2D eigenvalue weighted by Crippen LogP contribution is 2.28. The second-order valence-electron chi connectivity index (χ2n) is 4.39. The van der Waals surface area contributed by atoms with Crippen LogP contribution in [0, 0.1) is 0 Å². The van der Waals surface area contributed by atoms with Crippen molar-refractivity contribution in [1.29, 1.82) is 0 Å². The average molecular weight is 302 g/mol. The number of para-hydroxylation sites is 1. The standard InChI is InChI=1S/C16H12ClNOS/c17-13-6-2-4-8-16(13)20-10-15(19)12-9-18-14-7-3-1-5-11(12)14/h1-9,18H,10H2. The van der Waals surface area contributed by atoms with Gasteiger partial charge in [0, 0.05) is 27.6 Å². The van der Waals surface area contributed by atoms with Crippen LogP contribution in [-0.2, 0) is 0 Å². The Morgan fingerprint density at radius 1 is 1.10 bits per heavy atom. The summed E-state index contributed by atoms with van der Waals surface area (Å²) in [6, 6.07) is 15.4. The van der Waals surface area contributed by atoms with Gasteiger partial charge >= 0.3 is 0 Å². The fourth-order valence-corrected chi connectivity index (χ4v) is 3.21. The van der Waals surface area contributed by atoms with Crippen LogP contribution in [0.5, 0.6) is 0 Å². The first-order valence-electron chi connectivity index (χ1n) is 6.22. The van der Waals surface area contributed by atoms with Crippen molar-refractivity contribution in [3.8, 4) is 0 Å². The lowest BCUT2D eigenvalue weighted by Gasteiger charge is -2.03. The Morgan fingerprint density at radius 2 is 1.85 bits per heavy atom. The number of carbonyl (C=O) groups is 1. The van der Waals surface area contributed by atoms with Crippen molar-refractivity contribution >= 4 is 40.0 Å². The molecule has 20 heavy (non-hydrogen) atoms. The minimum Gasteiger partial charge on any atom is -0.360 e. The number of H-pyrrole nitrogens is 1. The molecule has 0 saturated carbocycles. The highest BCUT2D eigenvalue weighted by molar-refractivity contribution is 8.00. The molecule has 0 aliphatic rings. The molecule has 1 heterocycles. The zero-order valence-electron chi connectivity index (χ0n) is 10.6. The monoisotopic (exact) mass is 301 g/mol. The summed E-state index contributed by atoms with van der Waals surface area (Å²) in [5.74, 6) is 0.485. The predicted molar refractivity (Wildman–Crippen MR) is 84.8 cm³/mol. The van der Waals surface area contributed by atoms with Crippen molar-refractivity contribution in [1.82, 2.24) is 4.98 Å². The van der Waals surface area contributed by atoms with Gasteiger partial charge in [0.15, 0.2) is 5.78 Å². The molecule has 1 N–H and O–H groups in total. The molecule has 0 radical (unpaired) electrons. The van der Waals surface area contributed by atoms with Crippen molar-refractivity contribution < 1.29 is 4.79 Å². The van der Waals surface area contributed by atoms with E-state index in [4.69, 9.17) is 11.6 Å². The molecule has 0 amide bonds. The summed E-state index contributed by atoms with van der Waals surface area (Å²) in [6.45, 7) is 0. The van der Waals surface area contributed by atoms with Crippen LogP contribution < -0.4 is 0 Å². The average Bonchev–Trinajstić information content (AvgIpc) is 2.90. The molecule has 0 spiro atoms. The highest BCUT2D eigenvalue weighted by atomic mass is 35.5. The van der Waals surface area contributed by atoms with Crippen LogP contribution in [0.3, 0.4) is 0 Å². The Kier molecular flexibility index (Phi) is 3.81. The predicted octanol–water partition coefficient (Wildman–Crippen LogP) is 4.80. The van der Waals surface area contributed by atoms with E-state index in [1.54, 1.807) is 6.20 Å². The third-order valence-electron chi connectivity index (χ3n) is 3.09. The summed E-state index contributed by atoms with van der Waals surface area (Å²) in [5, 5.41) is 1.65. The second kappa shape index (κ2) is 5.73. The summed E-state index contributed by atoms with van der Waals surface area (Å²) in [6.07, 6.45) is 1.78. The number of ketones is 1. The van der Waals surface area contributed by atoms with E-state index >= 15 is 0 Å². The van der Waals surface area contributed by atoms with Gasteiger partial charge in [0.2, 0.25) is 0 Å². The van der Waals surface area contributed by atoms with Crippen LogP contribution in [0.15, 0.2) is 59.6 Å². The minimum absolute atomic E-state index is 0.104. The van der Waals surface area contributed by atoms with Crippen LogP contribution in [-0.4, -0.2) is 16.5 Å². The number of aromatic nitrogens is 1. The molecule has 0 unspecified atom stereocenters. The smallest absolute Gasteiger partial charge is 0.175 e. The zero-order chi connectivity index (χ0) is 13.9. The number of nitrogens with one attached hydrogen (secondary N) is 1. The molecule has 1 aromatic heterocycles. The topological polar surface area (TPSA) is 32.9 Å². The zero-order valence-corrected chi connectivity index (χ0v) is 12.2. The molecular weight excluding hydrogens is 290 g/mol. The normalized spacial score (nSPS) is 10.8. The van der Waals surface area contributed by atoms with Crippen molar-refractivity contribution in [2.24, 2.45) is 0 Å². The molecule has 3 aromatic rings. The molecule has 0 aliphatic heterocycles. The second-order valence-corrected chi connectivity index (χ2v) is 5.81. The summed E-state index contributed by atoms with van der Waals surface area (Å²) < 4.78 is 0. The Hall–Kier alpha value is -1.71. The molecular formula is C16H12ClNOS. The third kappa shape index (κ3) is 2.60. The van der Waals surface area contributed by atoms with Crippen LogP contribution in [0.25, 0.3) is 10.9 Å². The number of hydrogen-bond donors (Lipinski definition) is 1. The van der Waals surface area contributed by atoms with E-state index in [1.807, 2.05) is 48.5 Å². The van der Waals surface area contributed by atoms with Crippen molar-refractivity contribution in [3.05, 3.63) is 65.3 Å². The molecule has 0 fully saturated rings. The number of thioether (sulfide) groups is 1. The van der Waals surface area contributed by atoms with E-state index in [-0.39, 0.29) is 5.78 Å². The lowest BCUT2D eigenvalue weighted by molar-refractivity contribution is 0.102. The van der Waals surface area contributed by atoms with Gasteiger partial charge in [-0.15, -0.1) is 11.8 Å². The van der Waals surface area contributed by atoms with Gasteiger partial charge in [0.1, 0.15) is 0 Å². The number of aromatic amines is 1. The lowest BCUT2D eigenvalue weighted by Crippen LogP contribution is -2.01. The molecule has 100 valence electrons. The third-order valence-corrected chi connectivity index (χ3v) is 4.60. The van der Waals surface area contributed by atoms with E-state index in [0.29, 0.717) is 10.8 Å². The first-order chi connectivity index (χ1) is 9.75. The van der Waals surface area contributed by atoms with Crippen molar-refractivity contribution in [3.63, 3.8) is 0 Å². The summed E-state index contributed by atoms with van der Waals surface area (Å²) in [7, 11) is 0. The van der Waals surface area contributed by atoms with Gasteiger partial charge in [-0.3, -0.25) is 4.79 Å². The number of halogens is 1. The molecule has 2 nitrogen and oxygen atoms in total. The Bertz CT molecular complexity index is 766. The summed E-state index contributed by atoms with van der Waals surface area (Å²) >= 11 is 7.56. The van der Waals surface area contributed by atoms with E-state index in [0.717, 1.165) is 21.4 Å². The maximum atomic E-state index is 12.3. The summed E-state index contributed by atoms with van der Waals surface area (Å²) in [4.78, 5) is 16.4. The minimum atomic E-state index is 0.104. The van der Waals surface area contributed by atoms with Gasteiger partial charge in [-0.2, -0.15) is 0 Å². The number of benzene rings is 2. The van der Waals surface area contributed by atoms with E-state index in [2.05, 4.69) is 4.98 Å². The van der Waals surface area contributed by atoms with Crippen LogP contribution in [0.4, 0.5) is 0 Å². The van der Waals surface area contributed by atoms with Crippen molar-refractivity contribution in [2.45, 2.75) is 4.90 Å². The first-order valence-corrected chi connectivity index (χ1v) is 7.59. The quantitative estimate of drug-likeness (QED) is 0.555. The van der Waals surface area contributed by atoms with Crippen LogP contribution in [0.1, 0.15) is 10.4 Å². The molecule has 0 atom stereocenters. The highest BCUT2D eigenvalue weighted by Gasteiger charge is 2.12. The van der Waals surface area contributed by atoms with E-state index < -0.39 is 0 Å². The SMILES string of the molecule is O=C(CSc1ccccc1Cl)c1c[nH]c2ccccc12.